The lowest BCUT2D eigenvalue weighted by Crippen LogP contribution is -2.39. The van der Waals surface area contributed by atoms with Gasteiger partial charge in [0.05, 0.1) is 17.3 Å². The molecule has 0 aliphatic heterocycles. The number of hydrogen-bond acceptors (Lipinski definition) is 2. The summed E-state index contributed by atoms with van der Waals surface area (Å²) in [6.45, 7) is 2.60. The third kappa shape index (κ3) is 4.50. The molecule has 1 fully saturated rings. The van der Waals surface area contributed by atoms with E-state index in [1.54, 1.807) is 6.07 Å². The molecule has 2 rings (SSSR count). The van der Waals surface area contributed by atoms with Gasteiger partial charge in [-0.1, -0.05) is 49.9 Å². The quantitative estimate of drug-likeness (QED) is 0.866. The zero-order valence-electron chi connectivity index (χ0n) is 12.0. The molecule has 2 atom stereocenters. The molecule has 2 unspecified atom stereocenters. The van der Waals surface area contributed by atoms with Gasteiger partial charge in [-0.3, -0.25) is 4.79 Å². The predicted molar refractivity (Wildman–Crippen MR) is 84.1 cm³/mol. The lowest BCUT2D eigenvalue weighted by Gasteiger charge is -2.29. The first-order chi connectivity index (χ1) is 9.69. The van der Waals surface area contributed by atoms with Gasteiger partial charge in [0.2, 0.25) is 5.91 Å². The van der Waals surface area contributed by atoms with E-state index in [0.717, 1.165) is 5.92 Å². The van der Waals surface area contributed by atoms with Crippen LogP contribution in [-0.4, -0.2) is 18.5 Å². The summed E-state index contributed by atoms with van der Waals surface area (Å²) in [4.78, 5) is 11.9. The van der Waals surface area contributed by atoms with E-state index < -0.39 is 0 Å². The van der Waals surface area contributed by atoms with Crippen molar-refractivity contribution >= 4 is 23.2 Å². The maximum absolute atomic E-state index is 11.9. The number of rotatable bonds is 5. The summed E-state index contributed by atoms with van der Waals surface area (Å²) in [5.74, 6) is 0.782. The number of amides is 1. The molecular formula is C16H23ClN2O. The second-order valence-corrected chi connectivity index (χ2v) is 5.95. The van der Waals surface area contributed by atoms with Gasteiger partial charge in [-0.05, 0) is 30.9 Å². The summed E-state index contributed by atoms with van der Waals surface area (Å²) in [5.41, 5.74) is 0.677. The molecule has 1 aromatic rings. The maximum Gasteiger partial charge on any atom is 0.238 e. The van der Waals surface area contributed by atoms with Crippen LogP contribution in [-0.2, 0) is 4.79 Å². The molecule has 0 heterocycles. The van der Waals surface area contributed by atoms with Gasteiger partial charge in [-0.15, -0.1) is 0 Å². The van der Waals surface area contributed by atoms with Gasteiger partial charge in [0, 0.05) is 6.04 Å². The summed E-state index contributed by atoms with van der Waals surface area (Å²) in [6, 6.07) is 7.78. The van der Waals surface area contributed by atoms with Gasteiger partial charge < -0.3 is 10.6 Å². The summed E-state index contributed by atoms with van der Waals surface area (Å²) < 4.78 is 0. The Hall–Kier alpha value is -1.06. The molecule has 1 aliphatic carbocycles. The Morgan fingerprint density at radius 3 is 2.90 bits per heavy atom. The van der Waals surface area contributed by atoms with E-state index in [2.05, 4.69) is 17.6 Å². The molecule has 0 spiro atoms. The Kier molecular flexibility index (Phi) is 5.86. The fourth-order valence-electron chi connectivity index (χ4n) is 2.84. The summed E-state index contributed by atoms with van der Waals surface area (Å²) >= 11 is 6.02. The number of carbonyl (C=O) groups is 1. The van der Waals surface area contributed by atoms with Crippen molar-refractivity contribution in [1.82, 2.24) is 5.32 Å². The third-order valence-electron chi connectivity index (χ3n) is 4.06. The smallest absolute Gasteiger partial charge is 0.238 e. The summed E-state index contributed by atoms with van der Waals surface area (Å²) in [6.07, 6.45) is 6.21. The van der Waals surface area contributed by atoms with Crippen LogP contribution in [0.3, 0.4) is 0 Å². The molecule has 3 nitrogen and oxygen atoms in total. The molecule has 1 aromatic carbocycles. The van der Waals surface area contributed by atoms with Crippen LogP contribution in [0.2, 0.25) is 5.02 Å². The highest BCUT2D eigenvalue weighted by Crippen LogP contribution is 2.26. The molecule has 1 amide bonds. The van der Waals surface area contributed by atoms with Crippen LogP contribution in [0.5, 0.6) is 0 Å². The number of halogens is 1. The van der Waals surface area contributed by atoms with Gasteiger partial charge in [0.25, 0.3) is 0 Å². The van der Waals surface area contributed by atoms with E-state index in [-0.39, 0.29) is 5.91 Å². The largest absolute Gasteiger partial charge is 0.324 e. The Morgan fingerprint density at radius 2 is 2.15 bits per heavy atom. The first kappa shape index (κ1) is 15.3. The molecule has 1 aliphatic rings. The summed E-state index contributed by atoms with van der Waals surface area (Å²) in [7, 11) is 0. The molecule has 0 aromatic heterocycles. The van der Waals surface area contributed by atoms with Gasteiger partial charge in [-0.25, -0.2) is 0 Å². The highest BCUT2D eigenvalue weighted by atomic mass is 35.5. The molecular weight excluding hydrogens is 272 g/mol. The van der Waals surface area contributed by atoms with E-state index in [9.17, 15) is 4.79 Å². The average molecular weight is 295 g/mol. The molecule has 2 N–H and O–H groups in total. The van der Waals surface area contributed by atoms with Crippen molar-refractivity contribution in [2.24, 2.45) is 5.92 Å². The van der Waals surface area contributed by atoms with Crippen molar-refractivity contribution in [3.05, 3.63) is 29.3 Å². The van der Waals surface area contributed by atoms with E-state index in [0.29, 0.717) is 23.3 Å². The highest BCUT2D eigenvalue weighted by Gasteiger charge is 2.20. The second kappa shape index (κ2) is 7.65. The van der Waals surface area contributed by atoms with Crippen LogP contribution in [0.4, 0.5) is 5.69 Å². The molecule has 0 bridgehead atoms. The molecule has 0 radical (unpaired) electrons. The number of nitrogens with one attached hydrogen (secondary N) is 2. The average Bonchev–Trinajstić information content (AvgIpc) is 2.48. The molecule has 20 heavy (non-hydrogen) atoms. The number of para-hydroxylation sites is 1. The van der Waals surface area contributed by atoms with E-state index in [4.69, 9.17) is 11.6 Å². The fourth-order valence-corrected chi connectivity index (χ4v) is 3.02. The zero-order chi connectivity index (χ0) is 14.4. The number of hydrogen-bond donors (Lipinski definition) is 2. The fraction of sp³-hybridized carbons (Fsp3) is 0.562. The minimum absolute atomic E-state index is 0.0308. The van der Waals surface area contributed by atoms with Crippen molar-refractivity contribution in [3.8, 4) is 0 Å². The predicted octanol–water partition coefficient (Wildman–Crippen LogP) is 3.84. The minimum atomic E-state index is -0.0308. The second-order valence-electron chi connectivity index (χ2n) is 5.55. The van der Waals surface area contributed by atoms with Crippen LogP contribution in [0, 0.1) is 5.92 Å². The summed E-state index contributed by atoms with van der Waals surface area (Å²) in [5, 5.41) is 6.79. The van der Waals surface area contributed by atoms with E-state index >= 15 is 0 Å². The van der Waals surface area contributed by atoms with Gasteiger partial charge in [-0.2, -0.15) is 0 Å². The Balaban J connectivity index is 1.76. The normalized spacial score (nSPS) is 22.5. The Morgan fingerprint density at radius 1 is 1.35 bits per heavy atom. The zero-order valence-corrected chi connectivity index (χ0v) is 12.7. The van der Waals surface area contributed by atoms with Crippen LogP contribution >= 0.6 is 11.6 Å². The van der Waals surface area contributed by atoms with Crippen molar-refractivity contribution in [2.45, 2.75) is 45.1 Å². The van der Waals surface area contributed by atoms with Gasteiger partial charge in [0.15, 0.2) is 0 Å². The molecule has 0 saturated heterocycles. The molecule has 4 heteroatoms. The first-order valence-corrected chi connectivity index (χ1v) is 7.84. The van der Waals surface area contributed by atoms with Crippen LogP contribution in [0.15, 0.2) is 24.3 Å². The SMILES string of the molecule is CCC1CCCC(NCC(=O)Nc2ccccc2Cl)C1. The Labute approximate surface area is 126 Å². The van der Waals surface area contributed by atoms with E-state index in [1.807, 2.05) is 18.2 Å². The van der Waals surface area contributed by atoms with Crippen molar-refractivity contribution < 1.29 is 4.79 Å². The number of carbonyl (C=O) groups excluding carboxylic acids is 1. The lowest BCUT2D eigenvalue weighted by molar-refractivity contribution is -0.115. The Bertz CT molecular complexity index is 450. The van der Waals surface area contributed by atoms with Crippen LogP contribution in [0.1, 0.15) is 39.0 Å². The van der Waals surface area contributed by atoms with E-state index in [1.165, 1.54) is 32.1 Å². The molecule has 110 valence electrons. The van der Waals surface area contributed by atoms with Crippen molar-refractivity contribution in [1.29, 1.82) is 0 Å². The monoisotopic (exact) mass is 294 g/mol. The first-order valence-electron chi connectivity index (χ1n) is 7.46. The van der Waals surface area contributed by atoms with Gasteiger partial charge >= 0.3 is 0 Å². The third-order valence-corrected chi connectivity index (χ3v) is 4.39. The van der Waals surface area contributed by atoms with Gasteiger partial charge in [0.1, 0.15) is 0 Å². The van der Waals surface area contributed by atoms with Crippen LogP contribution in [0.25, 0.3) is 0 Å². The minimum Gasteiger partial charge on any atom is -0.324 e. The standard InChI is InChI=1S/C16H23ClN2O/c1-2-12-6-5-7-13(10-12)18-11-16(20)19-15-9-4-3-8-14(15)17/h3-4,8-9,12-13,18H,2,5-7,10-11H2,1H3,(H,19,20). The highest BCUT2D eigenvalue weighted by molar-refractivity contribution is 6.33. The molecule has 1 saturated carbocycles. The lowest BCUT2D eigenvalue weighted by atomic mass is 9.84. The number of anilines is 1. The van der Waals surface area contributed by atoms with Crippen LogP contribution < -0.4 is 10.6 Å². The maximum atomic E-state index is 11.9. The topological polar surface area (TPSA) is 41.1 Å². The van der Waals surface area contributed by atoms with Crippen molar-refractivity contribution in [3.63, 3.8) is 0 Å². The van der Waals surface area contributed by atoms with Crippen molar-refractivity contribution in [2.75, 3.05) is 11.9 Å². The number of benzene rings is 1.